The summed E-state index contributed by atoms with van der Waals surface area (Å²) in [7, 11) is 1.64. The van der Waals surface area contributed by atoms with Gasteiger partial charge in [-0.3, -0.25) is 9.59 Å². The van der Waals surface area contributed by atoms with Crippen LogP contribution in [0, 0.1) is 0 Å². The molecule has 0 atom stereocenters. The van der Waals surface area contributed by atoms with E-state index in [0.29, 0.717) is 19.0 Å². The van der Waals surface area contributed by atoms with Crippen LogP contribution in [0.1, 0.15) is 20.3 Å². The van der Waals surface area contributed by atoms with Crippen molar-refractivity contribution in [1.82, 2.24) is 10.2 Å². The summed E-state index contributed by atoms with van der Waals surface area (Å²) in [4.78, 5) is 25.1. The van der Waals surface area contributed by atoms with Crippen molar-refractivity contribution in [2.45, 2.75) is 26.3 Å². The Kier molecular flexibility index (Phi) is 6.73. The van der Waals surface area contributed by atoms with Crippen molar-refractivity contribution in [1.29, 1.82) is 0 Å². The summed E-state index contributed by atoms with van der Waals surface area (Å²) < 4.78 is 0. The molecule has 1 rings (SSSR count). The minimum atomic E-state index is -0.191. The number of amides is 2. The van der Waals surface area contributed by atoms with Crippen molar-refractivity contribution in [3.8, 4) is 0 Å². The van der Waals surface area contributed by atoms with E-state index in [0.717, 1.165) is 5.69 Å². The monoisotopic (exact) mass is 277 g/mol. The van der Waals surface area contributed by atoms with E-state index < -0.39 is 0 Å². The summed E-state index contributed by atoms with van der Waals surface area (Å²) in [5.74, 6) is -0.231. The highest BCUT2D eigenvalue weighted by molar-refractivity contribution is 5.94. The molecule has 0 spiro atoms. The maximum atomic E-state index is 11.8. The summed E-state index contributed by atoms with van der Waals surface area (Å²) in [5, 5.41) is 5.93. The first-order valence-electron chi connectivity index (χ1n) is 6.81. The molecule has 0 saturated carbocycles. The van der Waals surface area contributed by atoms with Crippen molar-refractivity contribution in [3.05, 3.63) is 30.3 Å². The van der Waals surface area contributed by atoms with Gasteiger partial charge >= 0.3 is 0 Å². The second kappa shape index (κ2) is 8.32. The van der Waals surface area contributed by atoms with Crippen LogP contribution < -0.4 is 10.6 Å². The molecule has 0 bridgehead atoms. The van der Waals surface area contributed by atoms with Crippen LogP contribution in [0.5, 0.6) is 0 Å². The molecule has 0 aliphatic heterocycles. The van der Waals surface area contributed by atoms with Crippen molar-refractivity contribution in [3.63, 3.8) is 0 Å². The lowest BCUT2D eigenvalue weighted by Gasteiger charge is -2.17. The molecular weight excluding hydrogens is 254 g/mol. The lowest BCUT2D eigenvalue weighted by atomic mass is 10.3. The number of likely N-dealkylation sites (N-methyl/N-ethyl adjacent to an activating group) is 1. The van der Waals surface area contributed by atoms with Gasteiger partial charge in [0.25, 0.3) is 0 Å². The summed E-state index contributed by atoms with van der Waals surface area (Å²) >= 11 is 0. The smallest absolute Gasteiger partial charge is 0.243 e. The Morgan fingerprint density at radius 1 is 1.20 bits per heavy atom. The third-order valence-electron chi connectivity index (χ3n) is 2.76. The minimum Gasteiger partial charge on any atom is -0.336 e. The number of benzene rings is 1. The van der Waals surface area contributed by atoms with E-state index in [2.05, 4.69) is 10.6 Å². The molecular formula is C15H23N3O2. The summed E-state index contributed by atoms with van der Waals surface area (Å²) in [5.41, 5.74) is 0.736. The molecule has 2 amide bonds. The molecule has 2 N–H and O–H groups in total. The van der Waals surface area contributed by atoms with E-state index in [-0.39, 0.29) is 18.4 Å². The number of carbonyl (C=O) groups is 2. The van der Waals surface area contributed by atoms with E-state index in [1.165, 1.54) is 4.90 Å². The summed E-state index contributed by atoms with van der Waals surface area (Å²) in [6.07, 6.45) is 0.396. The van der Waals surface area contributed by atoms with Crippen LogP contribution in [0.2, 0.25) is 0 Å². The third kappa shape index (κ3) is 6.33. The van der Waals surface area contributed by atoms with Gasteiger partial charge in [-0.15, -0.1) is 0 Å². The molecule has 110 valence electrons. The molecule has 0 fully saturated rings. The number of nitrogens with one attached hydrogen (secondary N) is 2. The lowest BCUT2D eigenvalue weighted by molar-refractivity contribution is -0.133. The van der Waals surface area contributed by atoms with Gasteiger partial charge in [0.2, 0.25) is 11.8 Å². The van der Waals surface area contributed by atoms with Gasteiger partial charge in [0.05, 0.1) is 6.54 Å². The molecule has 0 unspecified atom stereocenters. The van der Waals surface area contributed by atoms with Gasteiger partial charge in [-0.05, 0) is 12.1 Å². The number of para-hydroxylation sites is 1. The number of hydrogen-bond donors (Lipinski definition) is 2. The number of hydrogen-bond acceptors (Lipinski definition) is 3. The fourth-order valence-corrected chi connectivity index (χ4v) is 1.68. The van der Waals surface area contributed by atoms with Crippen LogP contribution >= 0.6 is 0 Å². The predicted molar refractivity (Wildman–Crippen MR) is 80.5 cm³/mol. The van der Waals surface area contributed by atoms with Crippen molar-refractivity contribution < 1.29 is 9.59 Å². The Morgan fingerprint density at radius 2 is 1.85 bits per heavy atom. The first kappa shape index (κ1) is 16.2. The first-order chi connectivity index (χ1) is 9.49. The number of nitrogens with zero attached hydrogens (tertiary/aromatic N) is 1. The third-order valence-corrected chi connectivity index (χ3v) is 2.76. The van der Waals surface area contributed by atoms with Gasteiger partial charge in [0.1, 0.15) is 0 Å². The van der Waals surface area contributed by atoms with E-state index in [1.807, 2.05) is 44.2 Å². The van der Waals surface area contributed by atoms with Crippen LogP contribution in [-0.2, 0) is 9.59 Å². The van der Waals surface area contributed by atoms with E-state index in [1.54, 1.807) is 7.05 Å². The Morgan fingerprint density at radius 3 is 2.45 bits per heavy atom. The summed E-state index contributed by atoms with van der Waals surface area (Å²) in [6.45, 7) is 4.75. The molecule has 1 aromatic rings. The molecule has 20 heavy (non-hydrogen) atoms. The fraction of sp³-hybridized carbons (Fsp3) is 0.467. The van der Waals surface area contributed by atoms with Gasteiger partial charge in [-0.2, -0.15) is 0 Å². The fourth-order valence-electron chi connectivity index (χ4n) is 1.68. The van der Waals surface area contributed by atoms with Crippen LogP contribution in [-0.4, -0.2) is 42.9 Å². The SMILES string of the molecule is CC(C)NCCC(=O)N(C)CC(=O)Nc1ccccc1. The van der Waals surface area contributed by atoms with Crippen molar-refractivity contribution in [2.75, 3.05) is 25.5 Å². The highest BCUT2D eigenvalue weighted by Crippen LogP contribution is 2.04. The normalized spacial score (nSPS) is 10.4. The van der Waals surface area contributed by atoms with Crippen LogP contribution in [0.15, 0.2) is 30.3 Å². The Hall–Kier alpha value is -1.88. The van der Waals surface area contributed by atoms with Gasteiger partial charge in [0, 0.05) is 31.7 Å². The quantitative estimate of drug-likeness (QED) is 0.793. The highest BCUT2D eigenvalue weighted by atomic mass is 16.2. The zero-order valence-corrected chi connectivity index (χ0v) is 12.3. The number of rotatable bonds is 7. The molecule has 0 aromatic heterocycles. The van der Waals surface area contributed by atoms with Crippen molar-refractivity contribution in [2.24, 2.45) is 0 Å². The molecule has 0 aliphatic rings. The first-order valence-corrected chi connectivity index (χ1v) is 6.81. The van der Waals surface area contributed by atoms with E-state index >= 15 is 0 Å². The van der Waals surface area contributed by atoms with Gasteiger partial charge < -0.3 is 15.5 Å². The van der Waals surface area contributed by atoms with Crippen LogP contribution in [0.3, 0.4) is 0 Å². The summed E-state index contributed by atoms with van der Waals surface area (Å²) in [6, 6.07) is 9.56. The number of carbonyl (C=O) groups excluding carboxylic acids is 2. The molecule has 0 saturated heterocycles. The zero-order valence-electron chi connectivity index (χ0n) is 12.3. The lowest BCUT2D eigenvalue weighted by Crippen LogP contribution is -2.37. The minimum absolute atomic E-state index is 0.0404. The van der Waals surface area contributed by atoms with Gasteiger partial charge in [-0.1, -0.05) is 32.0 Å². The van der Waals surface area contributed by atoms with Crippen LogP contribution in [0.25, 0.3) is 0 Å². The topological polar surface area (TPSA) is 61.4 Å². The average Bonchev–Trinajstić information content (AvgIpc) is 2.39. The predicted octanol–water partition coefficient (Wildman–Crippen LogP) is 1.47. The molecule has 1 aromatic carbocycles. The Bertz CT molecular complexity index is 432. The second-order valence-electron chi connectivity index (χ2n) is 5.02. The van der Waals surface area contributed by atoms with Crippen molar-refractivity contribution >= 4 is 17.5 Å². The van der Waals surface area contributed by atoms with E-state index in [9.17, 15) is 9.59 Å². The average molecular weight is 277 g/mol. The van der Waals surface area contributed by atoms with Gasteiger partial charge in [0.15, 0.2) is 0 Å². The standard InChI is InChI=1S/C15H23N3O2/c1-12(2)16-10-9-15(20)18(3)11-14(19)17-13-7-5-4-6-8-13/h4-8,12,16H,9-11H2,1-3H3,(H,17,19). The molecule has 5 nitrogen and oxygen atoms in total. The Balaban J connectivity index is 2.32. The van der Waals surface area contributed by atoms with Gasteiger partial charge in [-0.25, -0.2) is 0 Å². The van der Waals surface area contributed by atoms with E-state index in [4.69, 9.17) is 0 Å². The van der Waals surface area contributed by atoms with Crippen LogP contribution in [0.4, 0.5) is 5.69 Å². The molecule has 5 heteroatoms. The molecule has 0 aliphatic carbocycles. The zero-order chi connectivity index (χ0) is 15.0. The largest absolute Gasteiger partial charge is 0.336 e. The molecule has 0 heterocycles. The molecule has 0 radical (unpaired) electrons. The Labute approximate surface area is 120 Å². The maximum absolute atomic E-state index is 11.8. The second-order valence-corrected chi connectivity index (χ2v) is 5.02. The maximum Gasteiger partial charge on any atom is 0.243 e. The highest BCUT2D eigenvalue weighted by Gasteiger charge is 2.12. The number of anilines is 1.